The molecule has 0 aromatic rings. The molecule has 12 heavy (non-hydrogen) atoms. The Kier molecular flexibility index (Phi) is 1.87. The molecule has 66 valence electrons. The lowest BCUT2D eigenvalue weighted by Crippen LogP contribution is -2.13. The van der Waals surface area contributed by atoms with E-state index < -0.39 is 0 Å². The zero-order valence-corrected chi connectivity index (χ0v) is 7.60. The maximum Gasteiger partial charge on any atom is 0.310 e. The molecule has 0 N–H and O–H groups in total. The molecule has 0 bridgehead atoms. The predicted octanol–water partition coefficient (Wildman–Crippen LogP) is 0.480. The van der Waals surface area contributed by atoms with Gasteiger partial charge < -0.3 is 4.74 Å². The Labute approximate surface area is 74.8 Å². The number of hydrogen-bond donors (Lipinski definition) is 0. The van der Waals surface area contributed by atoms with Gasteiger partial charge in [-0.15, -0.1) is 11.8 Å². The average Bonchev–Trinajstić information content (AvgIpc) is 2.65. The molecule has 4 heteroatoms. The maximum absolute atomic E-state index is 11.2. The van der Waals surface area contributed by atoms with Crippen LogP contribution >= 0.6 is 11.8 Å². The predicted molar refractivity (Wildman–Crippen MR) is 44.9 cm³/mol. The largest absolute Gasteiger partial charge is 0.466 e. The number of esters is 1. The summed E-state index contributed by atoms with van der Waals surface area (Å²) in [5.41, 5.74) is 0. The standard InChI is InChI=1S/C8H10O3S/c1-2-11-8(10)6-5-4(9)3-12-7(5)6/h5-7H,2-3H2,1H3/t5-,6-,7-/m1/s1. The van der Waals surface area contributed by atoms with Crippen LogP contribution in [0.4, 0.5) is 0 Å². The van der Waals surface area contributed by atoms with Crippen LogP contribution in [0.3, 0.4) is 0 Å². The smallest absolute Gasteiger partial charge is 0.310 e. The molecule has 0 amide bonds. The minimum absolute atomic E-state index is 0.00551. The van der Waals surface area contributed by atoms with E-state index in [1.54, 1.807) is 18.7 Å². The van der Waals surface area contributed by atoms with Gasteiger partial charge in [-0.05, 0) is 6.92 Å². The van der Waals surface area contributed by atoms with Gasteiger partial charge in [0.15, 0.2) is 0 Å². The summed E-state index contributed by atoms with van der Waals surface area (Å²) >= 11 is 1.59. The minimum atomic E-state index is -0.187. The van der Waals surface area contributed by atoms with Crippen molar-refractivity contribution in [3.63, 3.8) is 0 Å². The first-order chi connectivity index (χ1) is 5.75. The first kappa shape index (κ1) is 8.10. The Morgan fingerprint density at radius 3 is 3.00 bits per heavy atom. The van der Waals surface area contributed by atoms with Crippen molar-refractivity contribution >= 4 is 23.5 Å². The van der Waals surface area contributed by atoms with Crippen molar-refractivity contribution in [1.29, 1.82) is 0 Å². The molecule has 3 nitrogen and oxygen atoms in total. The summed E-state index contributed by atoms with van der Waals surface area (Å²) < 4.78 is 4.85. The fourth-order valence-corrected chi connectivity index (χ4v) is 3.14. The Morgan fingerprint density at radius 2 is 2.50 bits per heavy atom. The number of fused-ring (bicyclic) bond motifs is 1. The number of carbonyl (C=O) groups is 2. The normalized spacial score (nSPS) is 37.8. The summed E-state index contributed by atoms with van der Waals surface area (Å²) in [5, 5.41) is 0.247. The van der Waals surface area contributed by atoms with Gasteiger partial charge in [-0.25, -0.2) is 0 Å². The van der Waals surface area contributed by atoms with Gasteiger partial charge in [0, 0.05) is 11.2 Å². The fraction of sp³-hybridized carbons (Fsp3) is 0.750. The topological polar surface area (TPSA) is 43.4 Å². The van der Waals surface area contributed by atoms with Gasteiger partial charge in [0.05, 0.1) is 18.3 Å². The lowest BCUT2D eigenvalue weighted by Gasteiger charge is -2.01. The van der Waals surface area contributed by atoms with Crippen LogP contribution in [-0.2, 0) is 14.3 Å². The second-order valence-corrected chi connectivity index (χ2v) is 4.21. The van der Waals surface area contributed by atoms with Crippen LogP contribution in [0.2, 0.25) is 0 Å². The highest BCUT2D eigenvalue weighted by Crippen LogP contribution is 2.54. The van der Waals surface area contributed by atoms with Crippen molar-refractivity contribution < 1.29 is 14.3 Å². The summed E-state index contributed by atoms with van der Waals surface area (Å²) in [6.07, 6.45) is 0. The molecule has 1 aliphatic heterocycles. The molecule has 0 unspecified atom stereocenters. The van der Waals surface area contributed by atoms with Gasteiger partial charge >= 0.3 is 5.97 Å². The van der Waals surface area contributed by atoms with Crippen LogP contribution in [0, 0.1) is 11.8 Å². The van der Waals surface area contributed by atoms with Crippen LogP contribution in [-0.4, -0.2) is 29.4 Å². The highest BCUT2D eigenvalue weighted by molar-refractivity contribution is 8.01. The van der Waals surface area contributed by atoms with Gasteiger partial charge in [0.1, 0.15) is 5.78 Å². The minimum Gasteiger partial charge on any atom is -0.466 e. The van der Waals surface area contributed by atoms with Gasteiger partial charge in [-0.3, -0.25) is 9.59 Å². The first-order valence-electron chi connectivity index (χ1n) is 4.06. The zero-order chi connectivity index (χ0) is 8.72. The molecule has 0 aromatic carbocycles. The maximum atomic E-state index is 11.2. The molecular weight excluding hydrogens is 176 g/mol. The van der Waals surface area contributed by atoms with Crippen molar-refractivity contribution in [2.75, 3.05) is 12.4 Å². The SMILES string of the molecule is CCOC(=O)[C@H]1[C@@H]2SCC(=O)[C@@H]21. The molecule has 2 fully saturated rings. The van der Waals surface area contributed by atoms with E-state index in [4.69, 9.17) is 4.74 Å². The fourth-order valence-electron chi connectivity index (χ4n) is 1.67. The van der Waals surface area contributed by atoms with Crippen molar-refractivity contribution in [3.8, 4) is 0 Å². The van der Waals surface area contributed by atoms with E-state index in [0.29, 0.717) is 12.4 Å². The Balaban J connectivity index is 1.94. The van der Waals surface area contributed by atoms with E-state index in [9.17, 15) is 9.59 Å². The van der Waals surface area contributed by atoms with Gasteiger partial charge in [-0.1, -0.05) is 0 Å². The molecular formula is C8H10O3S. The Hall–Kier alpha value is -0.510. The number of carbonyl (C=O) groups excluding carboxylic acids is 2. The summed E-state index contributed by atoms with van der Waals surface area (Å²) in [6.45, 7) is 2.19. The number of ether oxygens (including phenoxy) is 1. The lowest BCUT2D eigenvalue weighted by atomic mass is 10.2. The summed E-state index contributed by atoms with van der Waals surface area (Å²) in [5.74, 6) is 0.506. The van der Waals surface area contributed by atoms with Crippen LogP contribution in [0.25, 0.3) is 0 Å². The number of thioether (sulfide) groups is 1. The van der Waals surface area contributed by atoms with Crippen LogP contribution in [0.15, 0.2) is 0 Å². The van der Waals surface area contributed by atoms with E-state index in [1.165, 1.54) is 0 Å². The zero-order valence-electron chi connectivity index (χ0n) is 6.78. The second kappa shape index (κ2) is 2.76. The van der Waals surface area contributed by atoms with Gasteiger partial charge in [-0.2, -0.15) is 0 Å². The van der Waals surface area contributed by atoms with E-state index in [2.05, 4.69) is 0 Å². The summed E-state index contributed by atoms with van der Waals surface area (Å²) in [7, 11) is 0. The van der Waals surface area contributed by atoms with Crippen molar-refractivity contribution in [2.24, 2.45) is 11.8 Å². The van der Waals surface area contributed by atoms with Crippen LogP contribution in [0.1, 0.15) is 6.92 Å². The van der Waals surface area contributed by atoms with E-state index >= 15 is 0 Å². The molecule has 3 atom stereocenters. The quantitative estimate of drug-likeness (QED) is 0.588. The molecule has 1 saturated heterocycles. The average molecular weight is 186 g/mol. The van der Waals surface area contributed by atoms with Crippen LogP contribution in [0.5, 0.6) is 0 Å². The highest BCUT2D eigenvalue weighted by Gasteiger charge is 2.63. The number of Topliss-reactive ketones (excluding diaryl/α,β-unsaturated/α-hetero) is 1. The van der Waals surface area contributed by atoms with E-state index in [0.717, 1.165) is 0 Å². The van der Waals surface area contributed by atoms with Gasteiger partial charge in [0.25, 0.3) is 0 Å². The summed E-state index contributed by atoms with van der Waals surface area (Å²) in [6, 6.07) is 0. The summed E-state index contributed by atoms with van der Waals surface area (Å²) in [4.78, 5) is 22.3. The molecule has 0 spiro atoms. The number of rotatable bonds is 2. The third kappa shape index (κ3) is 1.05. The van der Waals surface area contributed by atoms with E-state index in [-0.39, 0.29) is 28.8 Å². The molecule has 1 heterocycles. The van der Waals surface area contributed by atoms with Crippen molar-refractivity contribution in [3.05, 3.63) is 0 Å². The van der Waals surface area contributed by atoms with E-state index in [1.807, 2.05) is 0 Å². The molecule has 1 aliphatic carbocycles. The molecule has 2 aliphatic rings. The first-order valence-corrected chi connectivity index (χ1v) is 5.11. The van der Waals surface area contributed by atoms with Crippen molar-refractivity contribution in [2.45, 2.75) is 12.2 Å². The molecule has 2 rings (SSSR count). The highest BCUT2D eigenvalue weighted by atomic mass is 32.2. The van der Waals surface area contributed by atoms with Gasteiger partial charge in [0.2, 0.25) is 0 Å². The Morgan fingerprint density at radius 1 is 1.75 bits per heavy atom. The molecule has 0 radical (unpaired) electrons. The second-order valence-electron chi connectivity index (χ2n) is 3.05. The molecule has 0 aromatic heterocycles. The number of hydrogen-bond acceptors (Lipinski definition) is 4. The molecule has 1 saturated carbocycles. The Bertz CT molecular complexity index is 238. The third-order valence-corrected chi connectivity index (χ3v) is 3.73. The van der Waals surface area contributed by atoms with Crippen molar-refractivity contribution in [1.82, 2.24) is 0 Å². The number of ketones is 1. The monoisotopic (exact) mass is 186 g/mol. The lowest BCUT2D eigenvalue weighted by molar-refractivity contribution is -0.145. The third-order valence-electron chi connectivity index (χ3n) is 2.30. The van der Waals surface area contributed by atoms with Crippen LogP contribution < -0.4 is 0 Å².